The molecule has 88 valence electrons. The lowest BCUT2D eigenvalue weighted by Gasteiger charge is -1.99. The zero-order valence-corrected chi connectivity index (χ0v) is 10.2. The maximum atomic E-state index is 8.60. The van der Waals surface area contributed by atoms with Gasteiger partial charge in [0.05, 0.1) is 0 Å². The fourth-order valence-electron chi connectivity index (χ4n) is 1.60. The first-order valence-electron chi connectivity index (χ1n) is 6.48. The highest BCUT2D eigenvalue weighted by Gasteiger charge is 1.91. The number of rotatable bonds is 9. The molecule has 0 aromatic heterocycles. The van der Waals surface area contributed by atoms with Crippen molar-refractivity contribution in [2.24, 2.45) is 0 Å². The molecule has 0 atom stereocenters. The minimum absolute atomic E-state index is 0.357. The Bertz CT molecular complexity index is 164. The molecular weight excluding hydrogens is 184 g/mol. The molecule has 0 amide bonds. The maximum Gasteiger partial charge on any atom is 0.0431 e. The number of aliphatic hydroxyl groups excluding tert-OH is 1. The van der Waals surface area contributed by atoms with Crippen molar-refractivity contribution >= 4 is 0 Å². The van der Waals surface area contributed by atoms with Gasteiger partial charge < -0.3 is 5.11 Å². The van der Waals surface area contributed by atoms with Gasteiger partial charge in [-0.15, -0.1) is 11.8 Å². The van der Waals surface area contributed by atoms with Crippen molar-refractivity contribution in [3.8, 4) is 11.8 Å². The molecule has 1 heteroatoms. The van der Waals surface area contributed by atoms with Crippen molar-refractivity contribution in [1.82, 2.24) is 0 Å². The summed E-state index contributed by atoms with van der Waals surface area (Å²) in [6.07, 6.45) is 12.2. The van der Waals surface area contributed by atoms with Crippen LogP contribution in [0.3, 0.4) is 0 Å². The highest BCUT2D eigenvalue weighted by atomic mass is 16.2. The Kier molecular flexibility index (Phi) is 13.1. The zero-order valence-electron chi connectivity index (χ0n) is 10.2. The quantitative estimate of drug-likeness (QED) is 0.452. The lowest BCUT2D eigenvalue weighted by molar-refractivity contribution is 0.282. The van der Waals surface area contributed by atoms with E-state index in [9.17, 15) is 0 Å². The number of unbranched alkanes of at least 4 members (excludes halogenated alkanes) is 8. The topological polar surface area (TPSA) is 20.2 Å². The van der Waals surface area contributed by atoms with E-state index in [1.807, 2.05) is 0 Å². The van der Waals surface area contributed by atoms with Crippen LogP contribution in [0.5, 0.6) is 0 Å². The summed E-state index contributed by atoms with van der Waals surface area (Å²) in [5.74, 6) is 6.28. The summed E-state index contributed by atoms with van der Waals surface area (Å²) in [5.41, 5.74) is 0. The molecule has 0 saturated carbocycles. The van der Waals surface area contributed by atoms with E-state index >= 15 is 0 Å². The Morgan fingerprint density at radius 1 is 0.733 bits per heavy atom. The first-order valence-corrected chi connectivity index (χ1v) is 6.48. The smallest absolute Gasteiger partial charge is 0.0431 e. The molecule has 0 saturated heterocycles. The molecule has 15 heavy (non-hydrogen) atoms. The van der Waals surface area contributed by atoms with Crippen molar-refractivity contribution in [2.75, 3.05) is 6.61 Å². The van der Waals surface area contributed by atoms with Crippen LogP contribution in [0.15, 0.2) is 0 Å². The summed E-state index contributed by atoms with van der Waals surface area (Å²) in [5, 5.41) is 8.60. The van der Waals surface area contributed by atoms with Gasteiger partial charge in [-0.3, -0.25) is 0 Å². The average molecular weight is 210 g/mol. The van der Waals surface area contributed by atoms with Crippen molar-refractivity contribution in [1.29, 1.82) is 0 Å². The summed E-state index contributed by atoms with van der Waals surface area (Å²) < 4.78 is 0. The molecule has 0 spiro atoms. The molecule has 0 aliphatic rings. The molecular formula is C14H26O. The molecule has 0 fully saturated rings. The second kappa shape index (κ2) is 13.5. The third-order valence-corrected chi connectivity index (χ3v) is 2.51. The van der Waals surface area contributed by atoms with Crippen LogP contribution >= 0.6 is 0 Å². The Morgan fingerprint density at radius 3 is 1.80 bits per heavy atom. The number of hydrogen-bond donors (Lipinski definition) is 1. The van der Waals surface area contributed by atoms with Gasteiger partial charge in [-0.1, -0.05) is 45.4 Å². The first kappa shape index (κ1) is 14.5. The molecule has 0 rings (SSSR count). The van der Waals surface area contributed by atoms with Gasteiger partial charge >= 0.3 is 0 Å². The van der Waals surface area contributed by atoms with Crippen molar-refractivity contribution < 1.29 is 5.11 Å². The summed E-state index contributed by atoms with van der Waals surface area (Å²) >= 11 is 0. The minimum Gasteiger partial charge on any atom is -0.396 e. The predicted molar refractivity (Wildman–Crippen MR) is 66.7 cm³/mol. The van der Waals surface area contributed by atoms with Gasteiger partial charge in [0.15, 0.2) is 0 Å². The summed E-state index contributed by atoms with van der Waals surface area (Å²) in [6, 6.07) is 0. The van der Waals surface area contributed by atoms with Crippen molar-refractivity contribution in [3.05, 3.63) is 0 Å². The summed E-state index contributed by atoms with van der Waals surface area (Å²) in [7, 11) is 0. The third kappa shape index (κ3) is 13.5. The van der Waals surface area contributed by atoms with E-state index in [4.69, 9.17) is 5.11 Å². The summed E-state index contributed by atoms with van der Waals surface area (Å²) in [4.78, 5) is 0. The Labute approximate surface area is 95.3 Å². The SMILES string of the molecule is CCC#CCCCCCCCCCCO. The monoisotopic (exact) mass is 210 g/mol. The molecule has 0 aromatic carbocycles. The molecule has 0 unspecified atom stereocenters. The van der Waals surface area contributed by atoms with E-state index in [0.29, 0.717) is 6.61 Å². The second-order valence-electron chi connectivity index (χ2n) is 4.01. The maximum absolute atomic E-state index is 8.60. The molecule has 0 aromatic rings. The molecule has 0 bridgehead atoms. The van der Waals surface area contributed by atoms with Crippen LogP contribution < -0.4 is 0 Å². The van der Waals surface area contributed by atoms with E-state index < -0.39 is 0 Å². The third-order valence-electron chi connectivity index (χ3n) is 2.51. The second-order valence-corrected chi connectivity index (χ2v) is 4.01. The summed E-state index contributed by atoms with van der Waals surface area (Å²) in [6.45, 7) is 2.45. The fraction of sp³-hybridized carbons (Fsp3) is 0.857. The van der Waals surface area contributed by atoms with E-state index in [1.54, 1.807) is 0 Å². The predicted octanol–water partition coefficient (Wildman–Crippen LogP) is 3.90. The lowest BCUT2D eigenvalue weighted by Crippen LogP contribution is -1.84. The van der Waals surface area contributed by atoms with Gasteiger partial charge in [0.2, 0.25) is 0 Å². The Morgan fingerprint density at radius 2 is 1.27 bits per heavy atom. The van der Waals surface area contributed by atoms with Gasteiger partial charge in [-0.2, -0.15) is 0 Å². The number of aliphatic hydroxyl groups is 1. The van der Waals surface area contributed by atoms with Gasteiger partial charge in [0, 0.05) is 19.4 Å². The minimum atomic E-state index is 0.357. The van der Waals surface area contributed by atoms with Gasteiger partial charge in [-0.25, -0.2) is 0 Å². The molecule has 0 aliphatic carbocycles. The van der Waals surface area contributed by atoms with E-state index in [0.717, 1.165) is 19.3 Å². The lowest BCUT2D eigenvalue weighted by atomic mass is 10.1. The normalized spacial score (nSPS) is 9.73. The van der Waals surface area contributed by atoms with Crippen molar-refractivity contribution in [3.63, 3.8) is 0 Å². The van der Waals surface area contributed by atoms with Gasteiger partial charge in [-0.05, 0) is 12.8 Å². The van der Waals surface area contributed by atoms with Crippen LogP contribution in [0.25, 0.3) is 0 Å². The molecule has 1 nitrogen and oxygen atoms in total. The molecule has 1 N–H and O–H groups in total. The fourth-order valence-corrected chi connectivity index (χ4v) is 1.60. The Hall–Kier alpha value is -0.480. The molecule has 0 aliphatic heterocycles. The molecule has 0 heterocycles. The van der Waals surface area contributed by atoms with Crippen LogP contribution in [0.2, 0.25) is 0 Å². The Balaban J connectivity index is 2.92. The first-order chi connectivity index (χ1) is 7.41. The molecule has 0 radical (unpaired) electrons. The van der Waals surface area contributed by atoms with Crippen LogP contribution in [-0.2, 0) is 0 Å². The van der Waals surface area contributed by atoms with Crippen molar-refractivity contribution in [2.45, 2.75) is 71.1 Å². The van der Waals surface area contributed by atoms with Crippen LogP contribution in [0, 0.1) is 11.8 Å². The zero-order chi connectivity index (χ0) is 11.2. The average Bonchev–Trinajstić information content (AvgIpc) is 2.26. The van der Waals surface area contributed by atoms with Gasteiger partial charge in [0.25, 0.3) is 0 Å². The number of hydrogen-bond acceptors (Lipinski definition) is 1. The standard InChI is InChI=1S/C14H26O/c1-2-3-4-5-6-7-8-9-10-11-12-13-14-15/h15H,2,5-14H2,1H3. The van der Waals surface area contributed by atoms with Crippen LogP contribution in [-0.4, -0.2) is 11.7 Å². The van der Waals surface area contributed by atoms with E-state index in [2.05, 4.69) is 18.8 Å². The van der Waals surface area contributed by atoms with Crippen LogP contribution in [0.4, 0.5) is 0 Å². The van der Waals surface area contributed by atoms with E-state index in [-0.39, 0.29) is 0 Å². The largest absolute Gasteiger partial charge is 0.396 e. The van der Waals surface area contributed by atoms with Crippen LogP contribution in [0.1, 0.15) is 71.1 Å². The van der Waals surface area contributed by atoms with E-state index in [1.165, 1.54) is 44.9 Å². The van der Waals surface area contributed by atoms with Gasteiger partial charge in [0.1, 0.15) is 0 Å². The highest BCUT2D eigenvalue weighted by Crippen LogP contribution is 2.09. The highest BCUT2D eigenvalue weighted by molar-refractivity contribution is 4.97.